The van der Waals surface area contributed by atoms with Crippen molar-refractivity contribution in [3.05, 3.63) is 31.9 Å². The van der Waals surface area contributed by atoms with Crippen molar-refractivity contribution in [2.24, 2.45) is 0 Å². The van der Waals surface area contributed by atoms with Crippen molar-refractivity contribution in [2.75, 3.05) is 24.6 Å². The van der Waals surface area contributed by atoms with Crippen LogP contribution >= 0.6 is 22.6 Å². The first-order valence-electron chi connectivity index (χ1n) is 5.40. The van der Waals surface area contributed by atoms with Gasteiger partial charge < -0.3 is 10.0 Å². The molecule has 0 aromatic heterocycles. The molecule has 0 bridgehead atoms. The molecule has 0 saturated carbocycles. The Morgan fingerprint density at radius 1 is 1.47 bits per heavy atom. The largest absolute Gasteiger partial charge is 0.395 e. The minimum Gasteiger partial charge on any atom is -0.395 e. The van der Waals surface area contributed by atoms with Crippen molar-refractivity contribution in [3.8, 4) is 0 Å². The molecule has 0 spiro atoms. The van der Waals surface area contributed by atoms with Gasteiger partial charge in [-0.3, -0.25) is 10.1 Å². The summed E-state index contributed by atoms with van der Waals surface area (Å²) >= 11 is 2.09. The normalized spacial score (nSPS) is 10.3. The first kappa shape index (κ1) is 14.2. The van der Waals surface area contributed by atoms with E-state index in [1.54, 1.807) is 12.1 Å². The van der Waals surface area contributed by atoms with Crippen molar-refractivity contribution in [1.29, 1.82) is 0 Å². The second-order valence-electron chi connectivity index (χ2n) is 3.60. The Kier molecular flexibility index (Phi) is 5.63. The molecule has 0 amide bonds. The third kappa shape index (κ3) is 3.81. The molecule has 0 saturated heterocycles. The van der Waals surface area contributed by atoms with Gasteiger partial charge in [-0.15, -0.1) is 0 Å². The predicted molar refractivity (Wildman–Crippen MR) is 75.4 cm³/mol. The van der Waals surface area contributed by atoms with Crippen LogP contribution in [-0.2, 0) is 0 Å². The van der Waals surface area contributed by atoms with Gasteiger partial charge >= 0.3 is 0 Å². The zero-order chi connectivity index (χ0) is 12.8. The number of benzene rings is 1. The molecule has 6 heteroatoms. The topological polar surface area (TPSA) is 66.6 Å². The molecule has 5 nitrogen and oxygen atoms in total. The summed E-state index contributed by atoms with van der Waals surface area (Å²) in [6, 6.07) is 4.79. The minimum atomic E-state index is -0.401. The van der Waals surface area contributed by atoms with Crippen molar-refractivity contribution in [3.63, 3.8) is 0 Å². The Hall–Kier alpha value is -0.890. The van der Waals surface area contributed by atoms with Crippen LogP contribution in [0.5, 0.6) is 0 Å². The van der Waals surface area contributed by atoms with E-state index in [9.17, 15) is 10.1 Å². The number of halogens is 1. The summed E-state index contributed by atoms with van der Waals surface area (Å²) in [4.78, 5) is 12.3. The van der Waals surface area contributed by atoms with Gasteiger partial charge in [0.15, 0.2) is 0 Å². The molecule has 0 radical (unpaired) electrons. The fourth-order valence-electron chi connectivity index (χ4n) is 1.61. The Morgan fingerprint density at radius 3 is 2.65 bits per heavy atom. The number of anilines is 1. The minimum absolute atomic E-state index is 0.0765. The Morgan fingerprint density at radius 2 is 2.18 bits per heavy atom. The smallest absolute Gasteiger partial charge is 0.270 e. The van der Waals surface area contributed by atoms with Crippen LogP contribution < -0.4 is 4.90 Å². The van der Waals surface area contributed by atoms with Crippen LogP contribution in [0, 0.1) is 13.7 Å². The van der Waals surface area contributed by atoms with Crippen LogP contribution in [0.25, 0.3) is 0 Å². The van der Waals surface area contributed by atoms with Gasteiger partial charge in [0.05, 0.1) is 17.2 Å². The Bertz CT molecular complexity index is 392. The zero-order valence-electron chi connectivity index (χ0n) is 9.60. The first-order chi connectivity index (χ1) is 8.10. The fraction of sp³-hybridized carbons (Fsp3) is 0.455. The molecule has 0 aliphatic heterocycles. The summed E-state index contributed by atoms with van der Waals surface area (Å²) in [5.74, 6) is 0. The average Bonchev–Trinajstić information content (AvgIpc) is 2.28. The van der Waals surface area contributed by atoms with E-state index in [2.05, 4.69) is 29.5 Å². The van der Waals surface area contributed by atoms with Crippen molar-refractivity contribution < 1.29 is 10.0 Å². The summed E-state index contributed by atoms with van der Waals surface area (Å²) < 4.78 is 0.832. The van der Waals surface area contributed by atoms with Gasteiger partial charge in [0, 0.05) is 28.8 Å². The molecule has 0 fully saturated rings. The lowest BCUT2D eigenvalue weighted by atomic mass is 10.2. The average molecular weight is 350 g/mol. The van der Waals surface area contributed by atoms with Gasteiger partial charge in [-0.05, 0) is 35.1 Å². The van der Waals surface area contributed by atoms with Crippen molar-refractivity contribution in [1.82, 2.24) is 0 Å². The maximum Gasteiger partial charge on any atom is 0.270 e. The summed E-state index contributed by atoms with van der Waals surface area (Å²) in [7, 11) is 0. The molecule has 1 rings (SSSR count). The van der Waals surface area contributed by atoms with Gasteiger partial charge in [0.2, 0.25) is 0 Å². The molecule has 17 heavy (non-hydrogen) atoms. The molecule has 1 N–H and O–H groups in total. The molecule has 0 unspecified atom stereocenters. The van der Waals surface area contributed by atoms with E-state index in [1.807, 2.05) is 4.90 Å². The number of nitrogens with zero attached hydrogens (tertiary/aromatic N) is 2. The van der Waals surface area contributed by atoms with Crippen LogP contribution in [0.2, 0.25) is 0 Å². The van der Waals surface area contributed by atoms with E-state index < -0.39 is 4.92 Å². The number of nitro groups is 1. The molecule has 1 aromatic carbocycles. The Labute approximate surface area is 114 Å². The molecular formula is C11H15IN2O3. The van der Waals surface area contributed by atoms with E-state index in [0.717, 1.165) is 22.2 Å². The maximum atomic E-state index is 10.6. The quantitative estimate of drug-likeness (QED) is 0.486. The fourth-order valence-corrected chi connectivity index (χ4v) is 2.45. The number of aliphatic hydroxyl groups is 1. The van der Waals surface area contributed by atoms with E-state index in [-0.39, 0.29) is 12.3 Å². The summed E-state index contributed by atoms with van der Waals surface area (Å²) in [5, 5.41) is 19.6. The molecule has 0 atom stereocenters. The number of nitro benzene ring substituents is 1. The van der Waals surface area contributed by atoms with E-state index >= 15 is 0 Å². The summed E-state index contributed by atoms with van der Waals surface area (Å²) in [6.45, 7) is 3.51. The standard InChI is InChI=1S/C11H15IN2O3/c1-2-5-13(6-7-15)11-4-3-9(14(16)17)8-10(11)12/h3-4,8,15H,2,5-7H2,1H3. The molecular weight excluding hydrogens is 335 g/mol. The molecule has 1 aromatic rings. The van der Waals surface area contributed by atoms with Gasteiger partial charge in [-0.2, -0.15) is 0 Å². The molecule has 0 heterocycles. The van der Waals surface area contributed by atoms with E-state index in [1.165, 1.54) is 6.07 Å². The van der Waals surface area contributed by atoms with E-state index in [4.69, 9.17) is 5.11 Å². The lowest BCUT2D eigenvalue weighted by Crippen LogP contribution is -2.28. The highest BCUT2D eigenvalue weighted by atomic mass is 127. The molecule has 0 aliphatic carbocycles. The maximum absolute atomic E-state index is 10.6. The first-order valence-corrected chi connectivity index (χ1v) is 6.47. The number of hydrogen-bond acceptors (Lipinski definition) is 4. The van der Waals surface area contributed by atoms with Crippen LogP contribution in [-0.4, -0.2) is 29.7 Å². The SMILES string of the molecule is CCCN(CCO)c1ccc([N+](=O)[O-])cc1I. The number of non-ortho nitro benzene ring substituents is 1. The van der Waals surface area contributed by atoms with Crippen LogP contribution in [0.15, 0.2) is 18.2 Å². The van der Waals surface area contributed by atoms with Gasteiger partial charge in [-0.25, -0.2) is 0 Å². The zero-order valence-corrected chi connectivity index (χ0v) is 11.8. The number of aliphatic hydroxyl groups excluding tert-OH is 1. The lowest BCUT2D eigenvalue weighted by molar-refractivity contribution is -0.384. The predicted octanol–water partition coefficient (Wildman–Crippen LogP) is 2.41. The number of rotatable bonds is 6. The Balaban J connectivity index is 2.99. The van der Waals surface area contributed by atoms with Gasteiger partial charge in [-0.1, -0.05) is 6.92 Å². The second-order valence-corrected chi connectivity index (χ2v) is 4.77. The van der Waals surface area contributed by atoms with Crippen LogP contribution in [0.1, 0.15) is 13.3 Å². The number of hydrogen-bond donors (Lipinski definition) is 1. The highest BCUT2D eigenvalue weighted by Gasteiger charge is 2.13. The lowest BCUT2D eigenvalue weighted by Gasteiger charge is -2.24. The highest BCUT2D eigenvalue weighted by Crippen LogP contribution is 2.26. The molecule has 0 aliphatic rings. The van der Waals surface area contributed by atoms with Crippen molar-refractivity contribution in [2.45, 2.75) is 13.3 Å². The van der Waals surface area contributed by atoms with Gasteiger partial charge in [0.25, 0.3) is 5.69 Å². The monoisotopic (exact) mass is 350 g/mol. The van der Waals surface area contributed by atoms with E-state index in [0.29, 0.717) is 6.54 Å². The van der Waals surface area contributed by atoms with Crippen LogP contribution in [0.3, 0.4) is 0 Å². The third-order valence-electron chi connectivity index (χ3n) is 2.35. The summed E-state index contributed by atoms with van der Waals surface area (Å²) in [5.41, 5.74) is 1.03. The second kappa shape index (κ2) is 6.75. The summed E-state index contributed by atoms with van der Waals surface area (Å²) in [6.07, 6.45) is 0.965. The van der Waals surface area contributed by atoms with Gasteiger partial charge in [0.1, 0.15) is 0 Å². The van der Waals surface area contributed by atoms with Crippen LogP contribution in [0.4, 0.5) is 11.4 Å². The highest BCUT2D eigenvalue weighted by molar-refractivity contribution is 14.1. The molecule has 94 valence electrons. The van der Waals surface area contributed by atoms with Crippen molar-refractivity contribution >= 4 is 34.0 Å². The third-order valence-corrected chi connectivity index (χ3v) is 3.21.